The van der Waals surface area contributed by atoms with Gasteiger partial charge in [-0.15, -0.1) is 0 Å². The maximum atomic E-state index is 5.10. The van der Waals surface area contributed by atoms with Crippen LogP contribution in [0.5, 0.6) is 0 Å². The van der Waals surface area contributed by atoms with Crippen molar-refractivity contribution in [1.29, 1.82) is 0 Å². The summed E-state index contributed by atoms with van der Waals surface area (Å²) in [4.78, 5) is 0. The second kappa shape index (κ2) is 5.56. The predicted octanol–water partition coefficient (Wildman–Crippen LogP) is -0.0115. The Morgan fingerprint density at radius 1 is 1.71 bits per heavy atom. The Bertz CT molecular complexity index is 296. The summed E-state index contributed by atoms with van der Waals surface area (Å²) in [6, 6.07) is 0. The molecular weight excluding hydrogens is 198 g/mol. The molecule has 0 bridgehead atoms. The molecule has 0 aliphatic rings. The summed E-state index contributed by atoms with van der Waals surface area (Å²) in [6.45, 7) is 2.83. The molecule has 0 amide bonds. The van der Waals surface area contributed by atoms with Crippen molar-refractivity contribution < 1.29 is 0 Å². The van der Waals surface area contributed by atoms with Crippen molar-refractivity contribution in [1.82, 2.24) is 20.9 Å². The number of aryl methyl sites for hydroxylation is 2. The average Bonchev–Trinajstić information content (AvgIpc) is 2.58. The number of nitrogens with two attached hydrogens (primary N) is 1. The number of hydrazine groups is 1. The molecule has 6 heteroatoms. The highest BCUT2D eigenvalue weighted by molar-refractivity contribution is 7.80. The van der Waals surface area contributed by atoms with E-state index < -0.39 is 0 Å². The van der Waals surface area contributed by atoms with Crippen molar-refractivity contribution in [3.8, 4) is 0 Å². The summed E-state index contributed by atoms with van der Waals surface area (Å²) in [5, 5.41) is 10.3. The Morgan fingerprint density at radius 3 is 3.07 bits per heavy atom. The van der Waals surface area contributed by atoms with E-state index in [2.05, 4.69) is 20.9 Å². The summed E-state index contributed by atoms with van der Waals surface area (Å²) < 4.78 is 0. The molecule has 0 aromatic carbocycles. The highest BCUT2D eigenvalue weighted by atomic mass is 32.1. The number of hydrogen-bond acceptors (Lipinski definition) is 3. The van der Waals surface area contributed by atoms with Gasteiger partial charge in [0.2, 0.25) is 0 Å². The van der Waals surface area contributed by atoms with Crippen molar-refractivity contribution >= 4 is 17.3 Å². The molecule has 78 valence electrons. The van der Waals surface area contributed by atoms with Crippen molar-refractivity contribution in [2.75, 3.05) is 6.54 Å². The summed E-state index contributed by atoms with van der Waals surface area (Å²) in [7, 11) is 0. The van der Waals surface area contributed by atoms with Crippen molar-refractivity contribution in [3.63, 3.8) is 0 Å². The van der Waals surface area contributed by atoms with E-state index in [1.807, 2.05) is 13.1 Å². The molecule has 0 radical (unpaired) electrons. The lowest BCUT2D eigenvalue weighted by molar-refractivity contribution is 0.759. The zero-order valence-electron chi connectivity index (χ0n) is 8.13. The van der Waals surface area contributed by atoms with Crippen LogP contribution in [0.3, 0.4) is 0 Å². The number of aromatic amines is 1. The molecule has 5 N–H and O–H groups in total. The van der Waals surface area contributed by atoms with E-state index >= 15 is 0 Å². The second-order valence-corrected chi connectivity index (χ2v) is 3.43. The first kappa shape index (κ1) is 10.9. The number of rotatable bonds is 4. The maximum Gasteiger partial charge on any atom is 0.180 e. The van der Waals surface area contributed by atoms with Crippen molar-refractivity contribution in [2.24, 2.45) is 5.84 Å². The SMILES string of the molecule is Cc1[nH]ncc1CCCNC(=S)NN. The summed E-state index contributed by atoms with van der Waals surface area (Å²) >= 11 is 4.83. The van der Waals surface area contributed by atoms with Gasteiger partial charge in [-0.1, -0.05) is 0 Å². The van der Waals surface area contributed by atoms with E-state index in [4.69, 9.17) is 18.1 Å². The Hall–Kier alpha value is -1.14. The molecule has 1 aromatic rings. The number of aromatic nitrogens is 2. The minimum atomic E-state index is 0.480. The quantitative estimate of drug-likeness (QED) is 0.245. The second-order valence-electron chi connectivity index (χ2n) is 3.02. The Kier molecular flexibility index (Phi) is 4.34. The van der Waals surface area contributed by atoms with Gasteiger partial charge in [-0.25, -0.2) is 5.84 Å². The smallest absolute Gasteiger partial charge is 0.180 e. The van der Waals surface area contributed by atoms with E-state index in [0.29, 0.717) is 5.11 Å². The van der Waals surface area contributed by atoms with Crippen molar-refractivity contribution in [3.05, 3.63) is 17.5 Å². The molecule has 0 unspecified atom stereocenters. The molecule has 0 aliphatic carbocycles. The lowest BCUT2D eigenvalue weighted by atomic mass is 10.1. The highest BCUT2D eigenvalue weighted by Crippen LogP contribution is 2.04. The zero-order valence-corrected chi connectivity index (χ0v) is 8.95. The van der Waals surface area contributed by atoms with Gasteiger partial charge in [0, 0.05) is 12.2 Å². The minimum Gasteiger partial charge on any atom is -0.362 e. The van der Waals surface area contributed by atoms with E-state index in [0.717, 1.165) is 25.1 Å². The van der Waals surface area contributed by atoms with Crippen LogP contribution in [0.2, 0.25) is 0 Å². The van der Waals surface area contributed by atoms with Crippen LogP contribution in [0.15, 0.2) is 6.20 Å². The van der Waals surface area contributed by atoms with Gasteiger partial charge in [-0.3, -0.25) is 5.10 Å². The van der Waals surface area contributed by atoms with Crippen LogP contribution in [0.1, 0.15) is 17.7 Å². The Labute approximate surface area is 88.4 Å². The van der Waals surface area contributed by atoms with Gasteiger partial charge >= 0.3 is 0 Å². The predicted molar refractivity (Wildman–Crippen MR) is 59.6 cm³/mol. The van der Waals surface area contributed by atoms with Gasteiger partial charge in [0.25, 0.3) is 0 Å². The monoisotopic (exact) mass is 213 g/mol. The first-order chi connectivity index (χ1) is 6.74. The average molecular weight is 213 g/mol. The van der Waals surface area contributed by atoms with Gasteiger partial charge in [0.15, 0.2) is 5.11 Å². The van der Waals surface area contributed by atoms with E-state index in [-0.39, 0.29) is 0 Å². The van der Waals surface area contributed by atoms with Gasteiger partial charge < -0.3 is 10.7 Å². The molecule has 0 saturated carbocycles. The van der Waals surface area contributed by atoms with Crippen LogP contribution < -0.4 is 16.6 Å². The third kappa shape index (κ3) is 3.31. The fourth-order valence-corrected chi connectivity index (χ4v) is 1.26. The summed E-state index contributed by atoms with van der Waals surface area (Å²) in [6.07, 6.45) is 3.85. The zero-order chi connectivity index (χ0) is 10.4. The number of nitrogens with one attached hydrogen (secondary N) is 3. The molecule has 0 fully saturated rings. The molecule has 0 aliphatic heterocycles. The van der Waals surface area contributed by atoms with Crippen LogP contribution in [0.25, 0.3) is 0 Å². The summed E-state index contributed by atoms with van der Waals surface area (Å²) in [5.74, 6) is 5.10. The number of nitrogens with zero attached hydrogens (tertiary/aromatic N) is 1. The largest absolute Gasteiger partial charge is 0.362 e. The van der Waals surface area contributed by atoms with Crippen molar-refractivity contribution in [2.45, 2.75) is 19.8 Å². The molecule has 1 rings (SSSR count). The van der Waals surface area contributed by atoms with Gasteiger partial charge in [0.1, 0.15) is 0 Å². The molecular formula is C8H15N5S. The fraction of sp³-hybridized carbons (Fsp3) is 0.500. The van der Waals surface area contributed by atoms with E-state index in [1.165, 1.54) is 5.56 Å². The minimum absolute atomic E-state index is 0.480. The first-order valence-electron chi connectivity index (χ1n) is 4.47. The number of hydrogen-bond donors (Lipinski definition) is 4. The molecule has 0 spiro atoms. The van der Waals surface area contributed by atoms with Gasteiger partial charge in [-0.2, -0.15) is 5.10 Å². The van der Waals surface area contributed by atoms with Crippen LogP contribution in [-0.4, -0.2) is 21.9 Å². The third-order valence-corrected chi connectivity index (χ3v) is 2.24. The van der Waals surface area contributed by atoms with E-state index in [1.54, 1.807) is 0 Å². The topological polar surface area (TPSA) is 78.8 Å². The van der Waals surface area contributed by atoms with Crippen LogP contribution in [0, 0.1) is 6.92 Å². The maximum absolute atomic E-state index is 5.10. The number of thiocarbonyl (C=S) groups is 1. The Morgan fingerprint density at radius 2 is 2.50 bits per heavy atom. The molecule has 1 aromatic heterocycles. The molecule has 14 heavy (non-hydrogen) atoms. The summed E-state index contributed by atoms with van der Waals surface area (Å²) in [5.41, 5.74) is 4.75. The number of H-pyrrole nitrogens is 1. The molecule has 1 heterocycles. The van der Waals surface area contributed by atoms with Gasteiger partial charge in [0.05, 0.1) is 6.20 Å². The standard InChI is InChI=1S/C8H15N5S/c1-6-7(5-11-13-6)3-2-4-10-8(14)12-9/h5H,2-4,9H2,1H3,(H,11,13)(H2,10,12,14). The normalized spacial score (nSPS) is 9.86. The highest BCUT2D eigenvalue weighted by Gasteiger charge is 1.99. The van der Waals surface area contributed by atoms with Crippen LogP contribution in [-0.2, 0) is 6.42 Å². The third-order valence-electron chi connectivity index (χ3n) is 1.97. The lowest BCUT2D eigenvalue weighted by Gasteiger charge is -2.05. The lowest BCUT2D eigenvalue weighted by Crippen LogP contribution is -2.40. The Balaban J connectivity index is 2.16. The molecule has 0 saturated heterocycles. The van der Waals surface area contributed by atoms with E-state index in [9.17, 15) is 0 Å². The van der Waals surface area contributed by atoms with Crippen LogP contribution in [0.4, 0.5) is 0 Å². The molecule has 5 nitrogen and oxygen atoms in total. The molecule has 0 atom stereocenters. The van der Waals surface area contributed by atoms with Crippen LogP contribution >= 0.6 is 12.2 Å². The fourth-order valence-electron chi connectivity index (χ4n) is 1.16. The van der Waals surface area contributed by atoms with Gasteiger partial charge in [-0.05, 0) is 37.5 Å². The first-order valence-corrected chi connectivity index (χ1v) is 4.88.